The van der Waals surface area contributed by atoms with Gasteiger partial charge in [0.05, 0.1) is 24.1 Å². The monoisotopic (exact) mass is 420 g/mol. The predicted molar refractivity (Wildman–Crippen MR) is 108 cm³/mol. The molecule has 0 spiro atoms. The number of rotatable bonds is 7. The quantitative estimate of drug-likeness (QED) is 0.570. The van der Waals surface area contributed by atoms with E-state index < -0.39 is 5.82 Å². The number of amides is 1. The number of hydrogen-bond acceptors (Lipinski definition) is 5. The van der Waals surface area contributed by atoms with Crippen molar-refractivity contribution in [3.8, 4) is 17.1 Å². The van der Waals surface area contributed by atoms with Crippen LogP contribution in [0.25, 0.3) is 11.4 Å². The van der Waals surface area contributed by atoms with Gasteiger partial charge in [-0.25, -0.2) is 4.39 Å². The highest BCUT2D eigenvalue weighted by Gasteiger charge is 2.18. The largest absolute Gasteiger partial charge is 0.496 e. The Morgan fingerprint density at radius 1 is 1.29 bits per heavy atom. The maximum absolute atomic E-state index is 13.7. The van der Waals surface area contributed by atoms with E-state index in [0.29, 0.717) is 33.9 Å². The predicted octanol–water partition coefficient (Wildman–Crippen LogP) is 4.50. The molecule has 0 atom stereocenters. The van der Waals surface area contributed by atoms with E-state index in [0.717, 1.165) is 0 Å². The van der Waals surface area contributed by atoms with Gasteiger partial charge in [0, 0.05) is 11.6 Å². The Morgan fingerprint density at radius 2 is 2.07 bits per heavy atom. The average molecular weight is 421 g/mol. The number of methoxy groups -OCH3 is 1. The van der Waals surface area contributed by atoms with E-state index in [1.807, 2.05) is 11.5 Å². The first-order chi connectivity index (χ1) is 13.5. The Balaban J connectivity index is 1.77. The molecule has 1 N–H and O–H groups in total. The van der Waals surface area contributed by atoms with Gasteiger partial charge in [0.15, 0.2) is 11.0 Å². The van der Waals surface area contributed by atoms with E-state index in [1.54, 1.807) is 37.4 Å². The van der Waals surface area contributed by atoms with Crippen LogP contribution in [0.1, 0.15) is 6.92 Å². The summed E-state index contributed by atoms with van der Waals surface area (Å²) in [5, 5.41) is 12.1. The minimum Gasteiger partial charge on any atom is -0.496 e. The molecule has 0 saturated heterocycles. The summed E-state index contributed by atoms with van der Waals surface area (Å²) >= 11 is 7.34. The Morgan fingerprint density at radius 3 is 2.79 bits per heavy atom. The normalized spacial score (nSPS) is 10.7. The molecule has 146 valence electrons. The van der Waals surface area contributed by atoms with Crippen molar-refractivity contribution in [3.05, 3.63) is 53.3 Å². The minimum atomic E-state index is -0.479. The average Bonchev–Trinajstić information content (AvgIpc) is 3.11. The van der Waals surface area contributed by atoms with Crippen LogP contribution in [0, 0.1) is 5.82 Å². The number of ether oxygens (including phenoxy) is 1. The van der Waals surface area contributed by atoms with Crippen LogP contribution in [0.3, 0.4) is 0 Å². The molecule has 1 aromatic heterocycles. The minimum absolute atomic E-state index is 0.0686. The fourth-order valence-electron chi connectivity index (χ4n) is 2.61. The summed E-state index contributed by atoms with van der Waals surface area (Å²) in [5.74, 6) is 0.480. The van der Waals surface area contributed by atoms with Crippen LogP contribution in [0.2, 0.25) is 5.02 Å². The van der Waals surface area contributed by atoms with Crippen LogP contribution in [0.4, 0.5) is 10.1 Å². The summed E-state index contributed by atoms with van der Waals surface area (Å²) < 4.78 is 20.9. The van der Waals surface area contributed by atoms with Crippen molar-refractivity contribution in [3.63, 3.8) is 0 Å². The van der Waals surface area contributed by atoms with Gasteiger partial charge in [-0.2, -0.15) is 0 Å². The lowest BCUT2D eigenvalue weighted by Gasteiger charge is -2.11. The molecule has 0 unspecified atom stereocenters. The molecule has 3 rings (SSSR count). The van der Waals surface area contributed by atoms with Crippen LogP contribution >= 0.6 is 23.4 Å². The zero-order chi connectivity index (χ0) is 20.1. The van der Waals surface area contributed by atoms with Gasteiger partial charge in [-0.3, -0.25) is 4.79 Å². The first kappa shape index (κ1) is 20.2. The smallest absolute Gasteiger partial charge is 0.234 e. The Kier molecular flexibility index (Phi) is 6.53. The second kappa shape index (κ2) is 9.07. The third kappa shape index (κ3) is 4.45. The van der Waals surface area contributed by atoms with E-state index in [2.05, 4.69) is 15.5 Å². The van der Waals surface area contributed by atoms with Gasteiger partial charge in [0.2, 0.25) is 5.91 Å². The summed E-state index contributed by atoms with van der Waals surface area (Å²) in [5.41, 5.74) is 0.862. The summed E-state index contributed by atoms with van der Waals surface area (Å²) in [6, 6.07) is 11.3. The lowest BCUT2D eigenvalue weighted by Crippen LogP contribution is -2.15. The first-order valence-corrected chi connectivity index (χ1v) is 9.84. The van der Waals surface area contributed by atoms with E-state index in [-0.39, 0.29) is 17.3 Å². The van der Waals surface area contributed by atoms with Gasteiger partial charge in [0.25, 0.3) is 0 Å². The molecule has 0 aliphatic carbocycles. The molecule has 3 aromatic rings. The summed E-state index contributed by atoms with van der Waals surface area (Å²) in [6.07, 6.45) is 0. The molecular weight excluding hydrogens is 403 g/mol. The number of hydrogen-bond donors (Lipinski definition) is 1. The van der Waals surface area contributed by atoms with Crippen molar-refractivity contribution in [1.82, 2.24) is 14.8 Å². The molecule has 0 bridgehead atoms. The molecule has 6 nitrogen and oxygen atoms in total. The molecule has 1 heterocycles. The zero-order valence-electron chi connectivity index (χ0n) is 15.3. The fraction of sp³-hybridized carbons (Fsp3) is 0.211. The van der Waals surface area contributed by atoms with E-state index in [9.17, 15) is 9.18 Å². The molecular formula is C19H18ClFN4O2S. The maximum atomic E-state index is 13.7. The van der Waals surface area contributed by atoms with Gasteiger partial charge >= 0.3 is 0 Å². The third-order valence-corrected chi connectivity index (χ3v) is 5.12. The van der Waals surface area contributed by atoms with Gasteiger partial charge in [-0.15, -0.1) is 10.2 Å². The van der Waals surface area contributed by atoms with Gasteiger partial charge in [-0.1, -0.05) is 35.5 Å². The molecule has 0 aliphatic rings. The van der Waals surface area contributed by atoms with Crippen LogP contribution in [-0.4, -0.2) is 33.5 Å². The van der Waals surface area contributed by atoms with Gasteiger partial charge < -0.3 is 14.6 Å². The highest BCUT2D eigenvalue weighted by atomic mass is 35.5. The van der Waals surface area contributed by atoms with E-state index >= 15 is 0 Å². The lowest BCUT2D eigenvalue weighted by atomic mass is 10.2. The molecule has 1 amide bonds. The zero-order valence-corrected chi connectivity index (χ0v) is 16.9. The van der Waals surface area contributed by atoms with Crippen LogP contribution in [-0.2, 0) is 11.3 Å². The van der Waals surface area contributed by atoms with Crippen molar-refractivity contribution in [2.45, 2.75) is 18.6 Å². The van der Waals surface area contributed by atoms with Gasteiger partial charge in [-0.05, 0) is 37.3 Å². The van der Waals surface area contributed by atoms with Crippen LogP contribution in [0.5, 0.6) is 5.75 Å². The number of nitrogens with zero attached hydrogens (tertiary/aromatic N) is 3. The topological polar surface area (TPSA) is 69.0 Å². The number of carbonyl (C=O) groups is 1. The standard InChI is InChI=1S/C19H18ClFN4O2S/c1-3-25-18(13-10-12(20)8-9-16(13)27-2)23-24-19(25)28-11-17(26)22-15-7-5-4-6-14(15)21/h4-10H,3,11H2,1-2H3,(H,22,26). The molecule has 0 saturated carbocycles. The highest BCUT2D eigenvalue weighted by molar-refractivity contribution is 7.99. The summed E-state index contributed by atoms with van der Waals surface area (Å²) in [4.78, 5) is 12.2. The summed E-state index contributed by atoms with van der Waals surface area (Å²) in [6.45, 7) is 2.54. The molecule has 0 radical (unpaired) electrons. The number of thioether (sulfide) groups is 1. The number of aromatic nitrogens is 3. The third-order valence-electron chi connectivity index (χ3n) is 3.92. The Labute approximate surface area is 171 Å². The maximum Gasteiger partial charge on any atom is 0.234 e. The number of anilines is 1. The van der Waals surface area contributed by atoms with Crippen molar-refractivity contribution < 1.29 is 13.9 Å². The van der Waals surface area contributed by atoms with E-state index in [4.69, 9.17) is 16.3 Å². The number of halogens is 2. The molecule has 0 aliphatic heterocycles. The van der Waals surface area contributed by atoms with Crippen LogP contribution in [0.15, 0.2) is 47.6 Å². The molecule has 2 aromatic carbocycles. The van der Waals surface area contributed by atoms with Gasteiger partial charge in [0.1, 0.15) is 11.6 Å². The molecule has 28 heavy (non-hydrogen) atoms. The molecule has 0 fully saturated rings. The first-order valence-electron chi connectivity index (χ1n) is 8.47. The van der Waals surface area contributed by atoms with Crippen molar-refractivity contribution in [1.29, 1.82) is 0 Å². The second-order valence-electron chi connectivity index (χ2n) is 5.71. The van der Waals surface area contributed by atoms with Crippen molar-refractivity contribution in [2.75, 3.05) is 18.2 Å². The number of benzene rings is 2. The Bertz CT molecular complexity index is 996. The molecule has 9 heteroatoms. The van der Waals surface area contributed by atoms with E-state index in [1.165, 1.54) is 23.9 Å². The highest BCUT2D eigenvalue weighted by Crippen LogP contribution is 2.33. The lowest BCUT2D eigenvalue weighted by molar-refractivity contribution is -0.113. The number of carbonyl (C=O) groups excluding carboxylic acids is 1. The number of nitrogens with one attached hydrogen (secondary N) is 1. The second-order valence-corrected chi connectivity index (χ2v) is 7.09. The van der Waals surface area contributed by atoms with Crippen LogP contribution < -0.4 is 10.1 Å². The summed E-state index contributed by atoms with van der Waals surface area (Å²) in [7, 11) is 1.57. The SMILES string of the molecule is CCn1c(SCC(=O)Nc2ccccc2F)nnc1-c1cc(Cl)ccc1OC. The van der Waals surface area contributed by atoms with Crippen molar-refractivity contribution >= 4 is 35.0 Å². The van der Waals surface area contributed by atoms with Crippen molar-refractivity contribution in [2.24, 2.45) is 0 Å². The number of para-hydroxylation sites is 1. The Hall–Kier alpha value is -2.58. The fourth-order valence-corrected chi connectivity index (χ4v) is 3.59.